The lowest BCUT2D eigenvalue weighted by atomic mass is 9.92. The van der Waals surface area contributed by atoms with E-state index in [-0.39, 0.29) is 5.41 Å². The van der Waals surface area contributed by atoms with Crippen molar-refractivity contribution >= 4 is 6.01 Å². The second kappa shape index (κ2) is 11.5. The van der Waals surface area contributed by atoms with Crippen LogP contribution in [-0.4, -0.2) is 49.1 Å². The van der Waals surface area contributed by atoms with Crippen LogP contribution in [-0.2, 0) is 16.7 Å². The Bertz CT molecular complexity index is 894. The van der Waals surface area contributed by atoms with E-state index in [1.807, 2.05) is 0 Å². The molecule has 0 spiro atoms. The Hall–Kier alpha value is -2.12. The zero-order valence-electron chi connectivity index (χ0n) is 21.4. The van der Waals surface area contributed by atoms with Crippen molar-refractivity contribution in [3.8, 4) is 5.75 Å². The first-order valence-corrected chi connectivity index (χ1v) is 13.0. The van der Waals surface area contributed by atoms with E-state index in [1.165, 1.54) is 30.4 Å². The van der Waals surface area contributed by atoms with Gasteiger partial charge in [0.1, 0.15) is 5.75 Å². The summed E-state index contributed by atoms with van der Waals surface area (Å²) in [6, 6.07) is 7.74. The molecule has 0 radical (unpaired) electrons. The van der Waals surface area contributed by atoms with Gasteiger partial charge in [0, 0.05) is 44.3 Å². The average molecular weight is 471 g/mol. The van der Waals surface area contributed by atoms with E-state index in [1.54, 1.807) is 0 Å². The van der Waals surface area contributed by atoms with E-state index >= 15 is 0 Å². The average Bonchev–Trinajstić information content (AvgIpc) is 3.34. The first kappa shape index (κ1) is 25.0. The lowest BCUT2D eigenvalue weighted by Gasteiger charge is -2.30. The van der Waals surface area contributed by atoms with Crippen molar-refractivity contribution in [3.05, 3.63) is 35.2 Å². The summed E-state index contributed by atoms with van der Waals surface area (Å²) in [5, 5.41) is 7.83. The largest absolute Gasteiger partial charge is 0.494 e. The van der Waals surface area contributed by atoms with E-state index in [2.05, 4.69) is 66.3 Å². The Morgan fingerprint density at radius 3 is 2.56 bits per heavy atom. The topological polar surface area (TPSA) is 72.7 Å². The molecule has 0 atom stereocenters. The van der Waals surface area contributed by atoms with Crippen molar-refractivity contribution in [1.29, 1.82) is 0 Å². The predicted octanol–water partition coefficient (Wildman–Crippen LogP) is 5.02. The van der Waals surface area contributed by atoms with Crippen LogP contribution in [0.25, 0.3) is 0 Å². The third-order valence-corrected chi connectivity index (χ3v) is 7.11. The fraction of sp³-hybridized carbons (Fsp3) is 0.704. The maximum atomic E-state index is 6.07. The van der Waals surface area contributed by atoms with Crippen molar-refractivity contribution in [2.24, 2.45) is 5.92 Å². The summed E-state index contributed by atoms with van der Waals surface area (Å²) in [5.41, 5.74) is 2.56. The molecule has 0 unspecified atom stereocenters. The molecule has 0 aliphatic carbocycles. The van der Waals surface area contributed by atoms with E-state index in [4.69, 9.17) is 14.0 Å². The fourth-order valence-electron chi connectivity index (χ4n) is 4.74. The molecular formula is C27H42N4O3. The second-order valence-electron chi connectivity index (χ2n) is 10.9. The van der Waals surface area contributed by atoms with Crippen LogP contribution < -0.4 is 15.0 Å². The fourth-order valence-corrected chi connectivity index (χ4v) is 4.74. The zero-order chi connectivity index (χ0) is 24.0. The van der Waals surface area contributed by atoms with E-state index < -0.39 is 0 Å². The number of ether oxygens (including phenoxy) is 2. The highest BCUT2D eigenvalue weighted by atomic mass is 16.5. The summed E-state index contributed by atoms with van der Waals surface area (Å²) < 4.78 is 17.0. The molecule has 1 N–H and O–H groups in total. The van der Waals surface area contributed by atoms with Gasteiger partial charge in [-0.1, -0.05) is 32.0 Å². The van der Waals surface area contributed by atoms with Gasteiger partial charge in [0.05, 0.1) is 6.61 Å². The summed E-state index contributed by atoms with van der Waals surface area (Å²) in [6.45, 7) is 13.9. The third kappa shape index (κ3) is 6.95. The van der Waals surface area contributed by atoms with Crippen LogP contribution in [0.1, 0.15) is 76.2 Å². The molecule has 1 aromatic heterocycles. The van der Waals surface area contributed by atoms with E-state index in [0.717, 1.165) is 76.2 Å². The van der Waals surface area contributed by atoms with Gasteiger partial charge >= 0.3 is 6.01 Å². The van der Waals surface area contributed by atoms with E-state index in [9.17, 15) is 0 Å². The number of anilines is 1. The Labute approximate surface area is 204 Å². The maximum Gasteiger partial charge on any atom is 0.324 e. The summed E-state index contributed by atoms with van der Waals surface area (Å²) >= 11 is 0. The van der Waals surface area contributed by atoms with Gasteiger partial charge in [-0.2, -0.15) is 4.98 Å². The molecule has 2 aromatic rings. The van der Waals surface area contributed by atoms with Crippen LogP contribution in [0.4, 0.5) is 6.01 Å². The molecule has 34 heavy (non-hydrogen) atoms. The van der Waals surface area contributed by atoms with Gasteiger partial charge in [0.25, 0.3) is 0 Å². The first-order valence-electron chi connectivity index (χ1n) is 13.0. The number of hydrogen-bond acceptors (Lipinski definition) is 7. The molecule has 2 aliphatic heterocycles. The van der Waals surface area contributed by atoms with Crippen LogP contribution in [0, 0.1) is 12.8 Å². The molecule has 2 fully saturated rings. The summed E-state index contributed by atoms with van der Waals surface area (Å²) in [4.78, 5) is 6.84. The Morgan fingerprint density at radius 2 is 1.88 bits per heavy atom. The minimum absolute atomic E-state index is 0.0827. The normalized spacial score (nSPS) is 18.4. The molecular weight excluding hydrogens is 428 g/mol. The highest BCUT2D eigenvalue weighted by molar-refractivity contribution is 5.34. The number of aryl methyl sites for hydroxylation is 1. The van der Waals surface area contributed by atoms with Gasteiger partial charge in [-0.25, -0.2) is 0 Å². The van der Waals surface area contributed by atoms with Gasteiger partial charge in [0.15, 0.2) is 5.82 Å². The molecule has 0 amide bonds. The number of piperidine rings is 1. The number of nitrogens with one attached hydrogen (secondary N) is 1. The standard InChI is InChI=1S/C27H42N4O3/c1-20-18-24(8-7-22(20)19-28-23-11-16-32-17-12-23)33-15-5-6-21-9-13-31(14-10-21)26-29-25(30-34-26)27(2,3)4/h7-8,18,21,23,28H,5-6,9-17,19H2,1-4H3. The lowest BCUT2D eigenvalue weighted by molar-refractivity contribution is 0.0776. The molecule has 7 nitrogen and oxygen atoms in total. The number of nitrogens with zero attached hydrogens (tertiary/aromatic N) is 3. The van der Waals surface area contributed by atoms with Gasteiger partial charge < -0.3 is 24.2 Å². The molecule has 2 aliphatic rings. The third-order valence-electron chi connectivity index (χ3n) is 7.11. The predicted molar refractivity (Wildman–Crippen MR) is 135 cm³/mol. The van der Waals surface area contributed by atoms with Crippen LogP contribution in [0.15, 0.2) is 22.7 Å². The molecule has 3 heterocycles. The number of rotatable bonds is 9. The van der Waals surface area contributed by atoms with Crippen molar-refractivity contribution in [2.45, 2.75) is 84.2 Å². The van der Waals surface area contributed by atoms with Crippen molar-refractivity contribution in [1.82, 2.24) is 15.5 Å². The maximum absolute atomic E-state index is 6.07. The molecule has 0 saturated carbocycles. The first-order chi connectivity index (χ1) is 16.4. The van der Waals surface area contributed by atoms with Gasteiger partial charge in [-0.3, -0.25) is 0 Å². The second-order valence-corrected chi connectivity index (χ2v) is 10.9. The minimum atomic E-state index is -0.0827. The summed E-state index contributed by atoms with van der Waals surface area (Å²) in [7, 11) is 0. The molecule has 2 saturated heterocycles. The molecule has 7 heteroatoms. The summed E-state index contributed by atoms with van der Waals surface area (Å²) in [5.74, 6) is 2.50. The number of hydrogen-bond donors (Lipinski definition) is 1. The lowest BCUT2D eigenvalue weighted by Crippen LogP contribution is -2.34. The smallest absolute Gasteiger partial charge is 0.324 e. The SMILES string of the molecule is Cc1cc(OCCCC2CCN(c3nc(C(C)(C)C)no3)CC2)ccc1CNC1CCOCC1. The molecule has 4 rings (SSSR count). The van der Waals surface area contributed by atoms with Crippen LogP contribution >= 0.6 is 0 Å². The molecule has 188 valence electrons. The quantitative estimate of drug-likeness (QED) is 0.516. The van der Waals surface area contributed by atoms with Gasteiger partial charge in [0.2, 0.25) is 0 Å². The zero-order valence-corrected chi connectivity index (χ0v) is 21.4. The summed E-state index contributed by atoms with van der Waals surface area (Å²) in [6.07, 6.45) is 6.84. The highest BCUT2D eigenvalue weighted by Gasteiger charge is 2.26. The van der Waals surface area contributed by atoms with Gasteiger partial charge in [-0.15, -0.1) is 0 Å². The molecule has 1 aromatic carbocycles. The van der Waals surface area contributed by atoms with E-state index in [0.29, 0.717) is 12.1 Å². The van der Waals surface area contributed by atoms with Crippen molar-refractivity contribution in [3.63, 3.8) is 0 Å². The van der Waals surface area contributed by atoms with Crippen LogP contribution in [0.2, 0.25) is 0 Å². The van der Waals surface area contributed by atoms with Crippen molar-refractivity contribution < 1.29 is 14.0 Å². The van der Waals surface area contributed by atoms with Crippen LogP contribution in [0.3, 0.4) is 0 Å². The number of benzene rings is 1. The van der Waals surface area contributed by atoms with Crippen LogP contribution in [0.5, 0.6) is 5.75 Å². The highest BCUT2D eigenvalue weighted by Crippen LogP contribution is 2.27. The monoisotopic (exact) mass is 470 g/mol. The minimum Gasteiger partial charge on any atom is -0.494 e. The van der Waals surface area contributed by atoms with Crippen molar-refractivity contribution in [2.75, 3.05) is 37.8 Å². The number of aromatic nitrogens is 2. The Kier molecular flexibility index (Phi) is 8.48. The Morgan fingerprint density at radius 1 is 1.12 bits per heavy atom. The Balaban J connectivity index is 1.13. The molecule has 0 bridgehead atoms. The van der Waals surface area contributed by atoms with Gasteiger partial charge in [-0.05, 0) is 74.6 Å².